The van der Waals surface area contributed by atoms with Gasteiger partial charge >= 0.3 is 17.9 Å². The maximum atomic E-state index is 12.8. The second kappa shape index (κ2) is 52.7. The number of allylic oxidation sites excluding steroid dienone is 10. The number of rotatable bonds is 49. The highest BCUT2D eigenvalue weighted by Crippen LogP contribution is 2.15. The Kier molecular flexibility index (Phi) is 50.4. The molecule has 1 atom stereocenters. The van der Waals surface area contributed by atoms with Crippen LogP contribution in [-0.2, 0) is 28.6 Å². The number of hydrogen-bond acceptors (Lipinski definition) is 6. The summed E-state index contributed by atoms with van der Waals surface area (Å²) in [6.45, 7) is 6.56. The molecule has 0 heterocycles. The van der Waals surface area contributed by atoms with Gasteiger partial charge in [-0.05, 0) is 89.9 Å². The van der Waals surface area contributed by atoms with Gasteiger partial charge in [0, 0.05) is 19.3 Å². The fourth-order valence-electron chi connectivity index (χ4n) is 7.60. The molecule has 0 aromatic carbocycles. The number of hydrogen-bond donors (Lipinski definition) is 0. The molecule has 0 aromatic heterocycles. The molecule has 0 unspecified atom stereocenters. The zero-order valence-corrected chi connectivity index (χ0v) is 42.3. The predicted octanol–water partition coefficient (Wildman–Crippen LogP) is 18.0. The Morgan fingerprint density at radius 3 is 0.938 bits per heavy atom. The zero-order chi connectivity index (χ0) is 46.5. The molecule has 0 aliphatic heterocycles. The van der Waals surface area contributed by atoms with Gasteiger partial charge in [0.2, 0.25) is 0 Å². The molecule has 6 heteroatoms. The maximum absolute atomic E-state index is 12.8. The van der Waals surface area contributed by atoms with E-state index in [-0.39, 0.29) is 37.5 Å². The van der Waals surface area contributed by atoms with Crippen molar-refractivity contribution in [3.05, 3.63) is 60.8 Å². The summed E-state index contributed by atoms with van der Waals surface area (Å²) in [7, 11) is 0. The monoisotopic (exact) mass is 895 g/mol. The lowest BCUT2D eigenvalue weighted by atomic mass is 10.0. The molecule has 0 aromatic rings. The van der Waals surface area contributed by atoms with Crippen LogP contribution < -0.4 is 0 Å². The molecule has 0 spiro atoms. The van der Waals surface area contributed by atoms with Gasteiger partial charge in [0.05, 0.1) is 0 Å². The standard InChI is InChI=1S/C58H102O6/c1-4-7-10-13-16-19-22-25-27-28-29-30-32-33-36-39-42-45-48-51-57(60)63-54-55(53-62-56(59)50-47-44-41-38-35-24-21-18-15-12-9-6-3)64-58(61)52-49-46-43-40-37-34-31-26-23-20-17-14-11-8-5-2/h16-17,19-20,25-27,31,37,40,55H,4-15,18,21-24,28-30,32-36,38-39,41-54H2,1-3H3/b19-16-,20-17-,27-25-,31-26-,40-37-/t55-/m0/s1. The van der Waals surface area contributed by atoms with Crippen molar-refractivity contribution in [3.63, 3.8) is 0 Å². The first-order chi connectivity index (χ1) is 31.5. The van der Waals surface area contributed by atoms with Gasteiger partial charge in [-0.15, -0.1) is 0 Å². The molecule has 64 heavy (non-hydrogen) atoms. The molecule has 0 bridgehead atoms. The highest BCUT2D eigenvalue weighted by molar-refractivity contribution is 5.71. The maximum Gasteiger partial charge on any atom is 0.306 e. The van der Waals surface area contributed by atoms with Crippen LogP contribution in [0.15, 0.2) is 60.8 Å². The lowest BCUT2D eigenvalue weighted by molar-refractivity contribution is -0.167. The van der Waals surface area contributed by atoms with Crippen LogP contribution in [0.2, 0.25) is 0 Å². The van der Waals surface area contributed by atoms with Crippen LogP contribution in [0.4, 0.5) is 0 Å². The number of esters is 3. The van der Waals surface area contributed by atoms with Gasteiger partial charge in [0.1, 0.15) is 13.2 Å². The minimum atomic E-state index is -0.793. The van der Waals surface area contributed by atoms with E-state index in [4.69, 9.17) is 14.2 Å². The summed E-state index contributed by atoms with van der Waals surface area (Å²) < 4.78 is 16.8. The van der Waals surface area contributed by atoms with Gasteiger partial charge in [-0.1, -0.05) is 223 Å². The first-order valence-electron chi connectivity index (χ1n) is 27.3. The lowest BCUT2D eigenvalue weighted by Gasteiger charge is -2.18. The molecule has 6 nitrogen and oxygen atoms in total. The second-order valence-electron chi connectivity index (χ2n) is 18.1. The first-order valence-corrected chi connectivity index (χ1v) is 27.3. The van der Waals surface area contributed by atoms with Crippen LogP contribution in [0.25, 0.3) is 0 Å². The van der Waals surface area contributed by atoms with Crippen LogP contribution in [0.3, 0.4) is 0 Å². The van der Waals surface area contributed by atoms with Gasteiger partial charge in [-0.2, -0.15) is 0 Å². The summed E-state index contributed by atoms with van der Waals surface area (Å²) in [4.78, 5) is 38.0. The van der Waals surface area contributed by atoms with E-state index in [0.717, 1.165) is 70.6 Å². The number of unbranched alkanes of at least 4 members (excludes halogenated alkanes) is 28. The Morgan fingerprint density at radius 2 is 0.562 bits per heavy atom. The van der Waals surface area contributed by atoms with E-state index in [1.807, 2.05) is 0 Å². The van der Waals surface area contributed by atoms with E-state index in [9.17, 15) is 14.4 Å². The summed E-state index contributed by atoms with van der Waals surface area (Å²) in [5.41, 5.74) is 0. The Morgan fingerprint density at radius 1 is 0.312 bits per heavy atom. The Bertz CT molecular complexity index is 1170. The number of carbonyl (C=O) groups excluding carboxylic acids is 3. The van der Waals surface area contributed by atoms with Gasteiger partial charge in [0.25, 0.3) is 0 Å². The summed E-state index contributed by atoms with van der Waals surface area (Å²) in [5.74, 6) is -0.925. The molecule has 0 saturated heterocycles. The average molecular weight is 895 g/mol. The van der Waals surface area contributed by atoms with Crippen molar-refractivity contribution in [2.24, 2.45) is 0 Å². The van der Waals surface area contributed by atoms with Crippen molar-refractivity contribution in [1.82, 2.24) is 0 Å². The van der Waals surface area contributed by atoms with Crippen molar-refractivity contribution in [2.75, 3.05) is 13.2 Å². The van der Waals surface area contributed by atoms with E-state index in [2.05, 4.69) is 81.5 Å². The smallest absolute Gasteiger partial charge is 0.306 e. The molecule has 0 N–H and O–H groups in total. The van der Waals surface area contributed by atoms with Crippen molar-refractivity contribution < 1.29 is 28.6 Å². The third-order valence-corrected chi connectivity index (χ3v) is 11.7. The summed E-state index contributed by atoms with van der Waals surface area (Å²) in [6.07, 6.45) is 64.9. The molecule has 0 amide bonds. The summed E-state index contributed by atoms with van der Waals surface area (Å²) in [6, 6.07) is 0. The average Bonchev–Trinajstić information content (AvgIpc) is 3.29. The summed E-state index contributed by atoms with van der Waals surface area (Å²) in [5, 5.41) is 0. The molecule has 0 radical (unpaired) electrons. The molecule has 0 aliphatic rings. The molecule has 370 valence electrons. The highest BCUT2D eigenvalue weighted by Gasteiger charge is 2.19. The lowest BCUT2D eigenvalue weighted by Crippen LogP contribution is -2.30. The quantitative estimate of drug-likeness (QED) is 0.0262. The van der Waals surface area contributed by atoms with Gasteiger partial charge in [-0.25, -0.2) is 0 Å². The van der Waals surface area contributed by atoms with Crippen LogP contribution in [0.1, 0.15) is 271 Å². The number of ether oxygens (including phenoxy) is 3. The Labute approximate surface area is 396 Å². The van der Waals surface area contributed by atoms with E-state index in [0.29, 0.717) is 19.3 Å². The first kappa shape index (κ1) is 61.1. The fraction of sp³-hybridized carbons (Fsp3) is 0.776. The highest BCUT2D eigenvalue weighted by atomic mass is 16.6. The molecule has 0 aliphatic carbocycles. The normalized spacial score (nSPS) is 12.5. The minimum absolute atomic E-state index is 0.0887. The zero-order valence-electron chi connectivity index (χ0n) is 42.3. The van der Waals surface area contributed by atoms with Gasteiger partial charge in [-0.3, -0.25) is 14.4 Å². The van der Waals surface area contributed by atoms with Crippen molar-refractivity contribution in [3.8, 4) is 0 Å². The van der Waals surface area contributed by atoms with Crippen LogP contribution in [0.5, 0.6) is 0 Å². The van der Waals surface area contributed by atoms with Crippen molar-refractivity contribution in [1.29, 1.82) is 0 Å². The second-order valence-corrected chi connectivity index (χ2v) is 18.1. The minimum Gasteiger partial charge on any atom is -0.462 e. The number of carbonyl (C=O) groups is 3. The Balaban J connectivity index is 4.39. The van der Waals surface area contributed by atoms with Gasteiger partial charge in [0.15, 0.2) is 6.10 Å². The van der Waals surface area contributed by atoms with Crippen molar-refractivity contribution in [2.45, 2.75) is 277 Å². The van der Waals surface area contributed by atoms with E-state index >= 15 is 0 Å². The molecular weight excluding hydrogens is 793 g/mol. The SMILES string of the molecule is CCCCC/C=C\C/C=C\C/C=C\CCCCC(=O)O[C@H](COC(=O)CCCCCCCCCCC/C=C\C/C=C\CCCCC)COC(=O)CCCCCCCCCCCCCC. The fourth-order valence-corrected chi connectivity index (χ4v) is 7.60. The van der Waals surface area contributed by atoms with E-state index < -0.39 is 6.10 Å². The topological polar surface area (TPSA) is 78.9 Å². The predicted molar refractivity (Wildman–Crippen MR) is 275 cm³/mol. The Hall–Kier alpha value is -2.89. The summed E-state index contributed by atoms with van der Waals surface area (Å²) >= 11 is 0. The van der Waals surface area contributed by atoms with Crippen LogP contribution in [0, 0.1) is 0 Å². The third kappa shape index (κ3) is 50.1. The third-order valence-electron chi connectivity index (χ3n) is 11.7. The van der Waals surface area contributed by atoms with Crippen LogP contribution in [-0.4, -0.2) is 37.2 Å². The van der Waals surface area contributed by atoms with E-state index in [1.54, 1.807) is 0 Å². The molecule has 0 fully saturated rings. The molecule has 0 rings (SSSR count). The molecule has 0 saturated carbocycles. The van der Waals surface area contributed by atoms with Gasteiger partial charge < -0.3 is 14.2 Å². The van der Waals surface area contributed by atoms with Crippen LogP contribution >= 0.6 is 0 Å². The van der Waals surface area contributed by atoms with Crippen molar-refractivity contribution >= 4 is 17.9 Å². The largest absolute Gasteiger partial charge is 0.462 e. The van der Waals surface area contributed by atoms with E-state index in [1.165, 1.54) is 154 Å². The molecular formula is C58H102O6.